The van der Waals surface area contributed by atoms with Crippen LogP contribution in [0.4, 0.5) is 0 Å². The SMILES string of the molecule is Cc1nn(C)cc1C(N)C1CCS(=O)(=O)C1. The third-order valence-corrected chi connectivity index (χ3v) is 4.98. The highest BCUT2D eigenvalue weighted by molar-refractivity contribution is 7.91. The predicted molar refractivity (Wildman–Crippen MR) is 61.6 cm³/mol. The van der Waals surface area contributed by atoms with Crippen LogP contribution in [0.3, 0.4) is 0 Å². The molecule has 0 amide bonds. The Bertz CT molecular complexity index is 492. The Morgan fingerprint density at radius 1 is 1.62 bits per heavy atom. The van der Waals surface area contributed by atoms with Gasteiger partial charge >= 0.3 is 0 Å². The molecular weight excluding hydrogens is 226 g/mol. The summed E-state index contributed by atoms with van der Waals surface area (Å²) in [4.78, 5) is 0. The molecule has 1 aromatic heterocycles. The van der Waals surface area contributed by atoms with Crippen LogP contribution in [0.25, 0.3) is 0 Å². The van der Waals surface area contributed by atoms with Crippen LogP contribution in [-0.2, 0) is 16.9 Å². The molecule has 0 radical (unpaired) electrons. The maximum Gasteiger partial charge on any atom is 0.150 e. The van der Waals surface area contributed by atoms with Crippen LogP contribution in [0.1, 0.15) is 23.7 Å². The third-order valence-electron chi connectivity index (χ3n) is 3.19. The molecule has 90 valence electrons. The highest BCUT2D eigenvalue weighted by Gasteiger charge is 2.33. The highest BCUT2D eigenvalue weighted by atomic mass is 32.2. The molecule has 5 nitrogen and oxygen atoms in total. The molecule has 1 saturated heterocycles. The Hall–Kier alpha value is -0.880. The number of nitrogens with two attached hydrogens (primary N) is 1. The molecule has 1 aliphatic rings. The van der Waals surface area contributed by atoms with Crippen molar-refractivity contribution in [2.24, 2.45) is 18.7 Å². The highest BCUT2D eigenvalue weighted by Crippen LogP contribution is 2.30. The summed E-state index contributed by atoms with van der Waals surface area (Å²) in [6, 6.07) is -0.217. The van der Waals surface area contributed by atoms with E-state index in [0.717, 1.165) is 11.3 Å². The molecule has 0 aliphatic carbocycles. The van der Waals surface area contributed by atoms with Crippen LogP contribution in [0.5, 0.6) is 0 Å². The van der Waals surface area contributed by atoms with E-state index in [0.29, 0.717) is 6.42 Å². The molecule has 16 heavy (non-hydrogen) atoms. The summed E-state index contributed by atoms with van der Waals surface area (Å²) < 4.78 is 24.5. The summed E-state index contributed by atoms with van der Waals surface area (Å²) in [6.07, 6.45) is 2.54. The molecule has 1 aliphatic heterocycles. The third kappa shape index (κ3) is 2.12. The van der Waals surface area contributed by atoms with Gasteiger partial charge in [-0.05, 0) is 19.3 Å². The predicted octanol–water partition coefficient (Wildman–Crippen LogP) is 0.163. The molecule has 2 rings (SSSR count). The zero-order chi connectivity index (χ0) is 11.9. The van der Waals surface area contributed by atoms with Crippen molar-refractivity contribution in [3.05, 3.63) is 17.5 Å². The summed E-state index contributed by atoms with van der Waals surface area (Å²) in [5, 5.41) is 4.23. The summed E-state index contributed by atoms with van der Waals surface area (Å²) in [5.41, 5.74) is 7.97. The van der Waals surface area contributed by atoms with E-state index in [4.69, 9.17) is 5.73 Å². The van der Waals surface area contributed by atoms with Crippen LogP contribution in [0.2, 0.25) is 0 Å². The Labute approximate surface area is 95.6 Å². The zero-order valence-electron chi connectivity index (χ0n) is 9.55. The van der Waals surface area contributed by atoms with Crippen molar-refractivity contribution in [1.29, 1.82) is 0 Å². The molecule has 2 heterocycles. The van der Waals surface area contributed by atoms with E-state index in [1.165, 1.54) is 0 Å². The Kier molecular flexibility index (Phi) is 2.79. The van der Waals surface area contributed by atoms with Gasteiger partial charge in [0, 0.05) is 24.8 Å². The van der Waals surface area contributed by atoms with Crippen molar-refractivity contribution in [2.45, 2.75) is 19.4 Å². The van der Waals surface area contributed by atoms with Gasteiger partial charge in [-0.3, -0.25) is 4.68 Å². The second-order valence-corrected chi connectivity index (χ2v) is 6.76. The first-order valence-electron chi connectivity index (χ1n) is 5.35. The fourth-order valence-corrected chi connectivity index (χ4v) is 4.16. The second kappa shape index (κ2) is 3.85. The lowest BCUT2D eigenvalue weighted by atomic mass is 9.94. The van der Waals surface area contributed by atoms with E-state index in [-0.39, 0.29) is 23.5 Å². The minimum absolute atomic E-state index is 0.0351. The Morgan fingerprint density at radius 3 is 2.75 bits per heavy atom. The van der Waals surface area contributed by atoms with Crippen LogP contribution in [0, 0.1) is 12.8 Å². The molecule has 1 aromatic rings. The van der Waals surface area contributed by atoms with E-state index >= 15 is 0 Å². The van der Waals surface area contributed by atoms with Crippen LogP contribution in [0.15, 0.2) is 6.20 Å². The molecule has 2 unspecified atom stereocenters. The first kappa shape index (κ1) is 11.6. The van der Waals surface area contributed by atoms with Gasteiger partial charge in [0.05, 0.1) is 17.2 Å². The number of sulfone groups is 1. The van der Waals surface area contributed by atoms with Crippen molar-refractivity contribution >= 4 is 9.84 Å². The number of rotatable bonds is 2. The van der Waals surface area contributed by atoms with Gasteiger partial charge in [-0.2, -0.15) is 5.10 Å². The van der Waals surface area contributed by atoms with E-state index in [9.17, 15) is 8.42 Å². The van der Waals surface area contributed by atoms with Crippen LogP contribution in [-0.4, -0.2) is 29.7 Å². The van der Waals surface area contributed by atoms with Gasteiger partial charge in [-0.1, -0.05) is 0 Å². The lowest BCUT2D eigenvalue weighted by Crippen LogP contribution is -2.22. The molecule has 0 bridgehead atoms. The number of nitrogens with zero attached hydrogens (tertiary/aromatic N) is 2. The van der Waals surface area contributed by atoms with Crippen molar-refractivity contribution in [3.63, 3.8) is 0 Å². The molecule has 1 fully saturated rings. The van der Waals surface area contributed by atoms with E-state index < -0.39 is 9.84 Å². The van der Waals surface area contributed by atoms with E-state index in [1.54, 1.807) is 4.68 Å². The molecular formula is C10H17N3O2S. The number of hydrogen-bond donors (Lipinski definition) is 1. The first-order valence-corrected chi connectivity index (χ1v) is 7.17. The van der Waals surface area contributed by atoms with Gasteiger partial charge in [0.1, 0.15) is 0 Å². The van der Waals surface area contributed by atoms with Gasteiger partial charge < -0.3 is 5.73 Å². The lowest BCUT2D eigenvalue weighted by Gasteiger charge is -2.16. The molecule has 0 aromatic carbocycles. The monoisotopic (exact) mass is 243 g/mol. The minimum atomic E-state index is -2.86. The quantitative estimate of drug-likeness (QED) is 0.802. The maximum absolute atomic E-state index is 11.4. The van der Waals surface area contributed by atoms with Gasteiger partial charge in [0.2, 0.25) is 0 Å². The molecule has 2 atom stereocenters. The van der Waals surface area contributed by atoms with Crippen molar-refractivity contribution < 1.29 is 8.42 Å². The Morgan fingerprint density at radius 2 is 2.31 bits per heavy atom. The smallest absolute Gasteiger partial charge is 0.150 e. The maximum atomic E-state index is 11.4. The molecule has 0 saturated carbocycles. The molecule has 0 spiro atoms. The fraction of sp³-hybridized carbons (Fsp3) is 0.700. The standard InChI is InChI=1S/C10H17N3O2S/c1-7-9(5-13(2)12-7)10(11)8-3-4-16(14,15)6-8/h5,8,10H,3-4,6,11H2,1-2H3. The zero-order valence-corrected chi connectivity index (χ0v) is 10.4. The van der Waals surface area contributed by atoms with Gasteiger partial charge in [0.15, 0.2) is 9.84 Å². The van der Waals surface area contributed by atoms with Crippen LogP contribution < -0.4 is 5.73 Å². The average Bonchev–Trinajstić information content (AvgIpc) is 2.68. The Balaban J connectivity index is 2.20. The fourth-order valence-electron chi connectivity index (χ4n) is 2.31. The largest absolute Gasteiger partial charge is 0.324 e. The number of hydrogen-bond acceptors (Lipinski definition) is 4. The van der Waals surface area contributed by atoms with E-state index in [2.05, 4.69) is 5.10 Å². The van der Waals surface area contributed by atoms with E-state index in [1.807, 2.05) is 20.2 Å². The molecule has 6 heteroatoms. The normalized spacial score (nSPS) is 25.8. The van der Waals surface area contributed by atoms with Crippen molar-refractivity contribution in [1.82, 2.24) is 9.78 Å². The van der Waals surface area contributed by atoms with Crippen molar-refractivity contribution in [2.75, 3.05) is 11.5 Å². The average molecular weight is 243 g/mol. The minimum Gasteiger partial charge on any atom is -0.324 e. The number of aryl methyl sites for hydroxylation is 2. The van der Waals surface area contributed by atoms with Crippen LogP contribution >= 0.6 is 0 Å². The summed E-state index contributed by atoms with van der Waals surface area (Å²) in [5.74, 6) is 0.514. The lowest BCUT2D eigenvalue weighted by molar-refractivity contribution is 0.478. The number of aromatic nitrogens is 2. The summed E-state index contributed by atoms with van der Waals surface area (Å²) in [7, 11) is -1.02. The van der Waals surface area contributed by atoms with Gasteiger partial charge in [-0.25, -0.2) is 8.42 Å². The topological polar surface area (TPSA) is 78.0 Å². The summed E-state index contributed by atoms with van der Waals surface area (Å²) in [6.45, 7) is 1.90. The molecule has 2 N–H and O–H groups in total. The second-order valence-electron chi connectivity index (χ2n) is 4.53. The van der Waals surface area contributed by atoms with Gasteiger partial charge in [-0.15, -0.1) is 0 Å². The van der Waals surface area contributed by atoms with Gasteiger partial charge in [0.25, 0.3) is 0 Å². The van der Waals surface area contributed by atoms with Crippen molar-refractivity contribution in [3.8, 4) is 0 Å². The first-order chi connectivity index (χ1) is 7.39. The summed E-state index contributed by atoms with van der Waals surface area (Å²) >= 11 is 0.